The number of ether oxygens (including phenoxy) is 1. The minimum atomic E-state index is -1.02. The highest BCUT2D eigenvalue weighted by molar-refractivity contribution is 7.99. The smallest absolute Gasteiger partial charge is 0.306 e. The fourth-order valence-corrected chi connectivity index (χ4v) is 3.17. The van der Waals surface area contributed by atoms with Gasteiger partial charge in [-0.15, -0.1) is 11.8 Å². The largest absolute Gasteiger partial charge is 0.483 e. The van der Waals surface area contributed by atoms with E-state index in [9.17, 15) is 13.6 Å². The van der Waals surface area contributed by atoms with Crippen LogP contribution in [0.1, 0.15) is 31.9 Å². The second kappa shape index (κ2) is 8.98. The summed E-state index contributed by atoms with van der Waals surface area (Å²) >= 11 is 1.55. The first kappa shape index (κ1) is 20.2. The van der Waals surface area contributed by atoms with Crippen LogP contribution in [0.2, 0.25) is 0 Å². The summed E-state index contributed by atoms with van der Waals surface area (Å²) < 4.78 is 33.8. The van der Waals surface area contributed by atoms with E-state index < -0.39 is 29.3 Å². The Morgan fingerprint density at radius 1 is 1.27 bits per heavy atom. The van der Waals surface area contributed by atoms with E-state index in [0.29, 0.717) is 5.25 Å². The van der Waals surface area contributed by atoms with E-state index in [4.69, 9.17) is 9.84 Å². The lowest BCUT2D eigenvalue weighted by molar-refractivity contribution is -0.141. The van der Waals surface area contributed by atoms with Crippen LogP contribution in [-0.2, 0) is 17.8 Å². The first-order valence-electron chi connectivity index (χ1n) is 8.22. The van der Waals surface area contributed by atoms with Gasteiger partial charge in [-0.25, -0.2) is 13.8 Å². The Bertz CT molecular complexity index is 760. The number of hydrogen-bond donors (Lipinski definition) is 1. The number of carboxylic acid groups (broad SMARTS) is 1. The molecule has 2 aromatic rings. The number of pyridine rings is 1. The number of thioether (sulfide) groups is 1. The number of hydrogen-bond acceptors (Lipinski definition) is 4. The van der Waals surface area contributed by atoms with Crippen molar-refractivity contribution in [1.29, 1.82) is 0 Å². The van der Waals surface area contributed by atoms with E-state index in [2.05, 4.69) is 4.98 Å². The molecule has 4 nitrogen and oxygen atoms in total. The maximum atomic E-state index is 14.2. The van der Waals surface area contributed by atoms with Crippen molar-refractivity contribution >= 4 is 17.7 Å². The van der Waals surface area contributed by atoms with Gasteiger partial charge in [0, 0.05) is 17.0 Å². The number of rotatable bonds is 8. The van der Waals surface area contributed by atoms with E-state index in [1.165, 1.54) is 6.92 Å². The molecule has 1 heterocycles. The van der Waals surface area contributed by atoms with Gasteiger partial charge >= 0.3 is 5.97 Å². The molecule has 0 saturated heterocycles. The lowest BCUT2D eigenvalue weighted by Gasteiger charge is -2.13. The molecule has 2 rings (SSSR count). The maximum Gasteiger partial charge on any atom is 0.306 e. The van der Waals surface area contributed by atoms with Gasteiger partial charge in [-0.05, 0) is 30.2 Å². The minimum absolute atomic E-state index is 0.0123. The molecule has 26 heavy (non-hydrogen) atoms. The Labute approximate surface area is 155 Å². The van der Waals surface area contributed by atoms with E-state index in [0.717, 1.165) is 22.7 Å². The van der Waals surface area contributed by atoms with Crippen LogP contribution in [0.4, 0.5) is 8.78 Å². The molecule has 0 amide bonds. The van der Waals surface area contributed by atoms with Crippen molar-refractivity contribution in [3.63, 3.8) is 0 Å². The molecule has 140 valence electrons. The van der Waals surface area contributed by atoms with Crippen LogP contribution < -0.4 is 4.74 Å². The van der Waals surface area contributed by atoms with Gasteiger partial charge in [0.25, 0.3) is 0 Å². The third-order valence-electron chi connectivity index (χ3n) is 3.59. The standard InChI is InChI=1S/C19H21F2NO3S/c1-11(2)26-18-14(5-4-6-22-18)10-25-17-15(20)8-13(9-16(17)21)7-12(3)19(23)24/h4-6,8-9,11-12H,7,10H2,1-3H3,(H,23,24). The summed E-state index contributed by atoms with van der Waals surface area (Å²) in [5.74, 6) is -3.91. The summed E-state index contributed by atoms with van der Waals surface area (Å²) in [6, 6.07) is 5.78. The van der Waals surface area contributed by atoms with Crippen LogP contribution in [0, 0.1) is 17.6 Å². The molecule has 1 N–H and O–H groups in total. The van der Waals surface area contributed by atoms with Gasteiger partial charge < -0.3 is 9.84 Å². The zero-order valence-corrected chi connectivity index (χ0v) is 15.6. The third-order valence-corrected chi connectivity index (χ3v) is 4.65. The molecule has 1 unspecified atom stereocenters. The lowest BCUT2D eigenvalue weighted by Crippen LogP contribution is -2.13. The molecule has 1 atom stereocenters. The second-order valence-electron chi connectivity index (χ2n) is 6.25. The molecule has 0 aliphatic heterocycles. The van der Waals surface area contributed by atoms with E-state index >= 15 is 0 Å². The predicted octanol–water partition coefficient (Wildman–Crippen LogP) is 4.70. The Morgan fingerprint density at radius 2 is 1.92 bits per heavy atom. The molecule has 0 saturated carbocycles. The summed E-state index contributed by atoms with van der Waals surface area (Å²) in [5.41, 5.74) is 1.02. The fourth-order valence-electron chi connectivity index (χ4n) is 2.32. The summed E-state index contributed by atoms with van der Waals surface area (Å²) in [6.07, 6.45) is 1.70. The number of nitrogens with zero attached hydrogens (tertiary/aromatic N) is 1. The SMILES string of the molecule is CC(C)Sc1ncccc1COc1c(F)cc(CC(C)C(=O)O)cc1F. The minimum Gasteiger partial charge on any atom is -0.483 e. The Morgan fingerprint density at radius 3 is 2.50 bits per heavy atom. The van der Waals surface area contributed by atoms with Crippen molar-refractivity contribution in [2.24, 2.45) is 5.92 Å². The first-order chi connectivity index (χ1) is 12.3. The van der Waals surface area contributed by atoms with Gasteiger partial charge in [0.05, 0.1) is 5.92 Å². The van der Waals surface area contributed by atoms with Gasteiger partial charge in [0.2, 0.25) is 0 Å². The molecular weight excluding hydrogens is 360 g/mol. The molecule has 0 bridgehead atoms. The molecule has 0 spiro atoms. The number of benzene rings is 1. The van der Waals surface area contributed by atoms with Gasteiger partial charge in [0.15, 0.2) is 17.4 Å². The number of carboxylic acids is 1. The Balaban J connectivity index is 2.15. The number of aromatic nitrogens is 1. The van der Waals surface area contributed by atoms with Gasteiger partial charge in [-0.2, -0.15) is 0 Å². The number of carbonyl (C=O) groups is 1. The normalized spacial score (nSPS) is 12.2. The Hall–Kier alpha value is -2.15. The van der Waals surface area contributed by atoms with E-state index in [1.54, 1.807) is 30.1 Å². The average Bonchev–Trinajstić information content (AvgIpc) is 2.54. The second-order valence-corrected chi connectivity index (χ2v) is 7.82. The average molecular weight is 381 g/mol. The van der Waals surface area contributed by atoms with Crippen molar-refractivity contribution in [2.45, 2.75) is 44.1 Å². The van der Waals surface area contributed by atoms with Crippen LogP contribution >= 0.6 is 11.8 Å². The molecule has 0 aliphatic rings. The molecule has 0 radical (unpaired) electrons. The van der Waals surface area contributed by atoms with Gasteiger partial charge in [-0.1, -0.05) is 26.8 Å². The van der Waals surface area contributed by atoms with Crippen LogP contribution in [0.5, 0.6) is 5.75 Å². The van der Waals surface area contributed by atoms with Crippen LogP contribution in [0.3, 0.4) is 0 Å². The molecule has 0 aliphatic carbocycles. The van der Waals surface area contributed by atoms with Crippen LogP contribution in [0.15, 0.2) is 35.5 Å². The first-order valence-corrected chi connectivity index (χ1v) is 9.10. The van der Waals surface area contributed by atoms with Crippen molar-refractivity contribution in [3.05, 3.63) is 53.2 Å². The fraction of sp³-hybridized carbons (Fsp3) is 0.368. The summed E-state index contributed by atoms with van der Waals surface area (Å²) in [5, 5.41) is 9.99. The molecule has 1 aromatic carbocycles. The quantitative estimate of drug-likeness (QED) is 0.672. The molecule has 1 aromatic heterocycles. The lowest BCUT2D eigenvalue weighted by atomic mass is 10.0. The van der Waals surface area contributed by atoms with E-state index in [-0.39, 0.29) is 18.6 Å². The number of halogens is 2. The highest BCUT2D eigenvalue weighted by Gasteiger charge is 2.18. The molecular formula is C19H21F2NO3S. The zero-order valence-electron chi connectivity index (χ0n) is 14.8. The molecule has 0 fully saturated rings. The summed E-state index contributed by atoms with van der Waals surface area (Å²) in [4.78, 5) is 15.2. The van der Waals surface area contributed by atoms with Crippen molar-refractivity contribution < 1.29 is 23.4 Å². The third kappa shape index (κ3) is 5.42. The topological polar surface area (TPSA) is 59.4 Å². The predicted molar refractivity (Wildman–Crippen MR) is 96.4 cm³/mol. The maximum absolute atomic E-state index is 14.2. The van der Waals surface area contributed by atoms with Crippen molar-refractivity contribution in [2.75, 3.05) is 0 Å². The summed E-state index contributed by atoms with van der Waals surface area (Å²) in [6.45, 7) is 5.53. The van der Waals surface area contributed by atoms with Crippen molar-refractivity contribution in [1.82, 2.24) is 4.98 Å². The van der Waals surface area contributed by atoms with E-state index in [1.807, 2.05) is 13.8 Å². The van der Waals surface area contributed by atoms with Gasteiger partial charge in [-0.3, -0.25) is 4.79 Å². The molecule has 7 heteroatoms. The van der Waals surface area contributed by atoms with Crippen molar-refractivity contribution in [3.8, 4) is 5.75 Å². The highest BCUT2D eigenvalue weighted by atomic mass is 32.2. The monoisotopic (exact) mass is 381 g/mol. The summed E-state index contributed by atoms with van der Waals surface area (Å²) in [7, 11) is 0. The van der Waals surface area contributed by atoms with Gasteiger partial charge in [0.1, 0.15) is 11.6 Å². The zero-order chi connectivity index (χ0) is 19.3. The Kier molecular flexibility index (Phi) is 6.97. The highest BCUT2D eigenvalue weighted by Crippen LogP contribution is 2.28. The number of aliphatic carboxylic acids is 1. The van der Waals surface area contributed by atoms with Crippen LogP contribution in [0.25, 0.3) is 0 Å². The van der Waals surface area contributed by atoms with Crippen LogP contribution in [-0.4, -0.2) is 21.3 Å².